The first-order valence-electron chi connectivity index (χ1n) is 8.66. The lowest BCUT2D eigenvalue weighted by atomic mass is 10.0. The molecule has 1 aromatic carbocycles. The topological polar surface area (TPSA) is 61.4 Å². The van der Waals surface area contributed by atoms with E-state index < -0.39 is 0 Å². The van der Waals surface area contributed by atoms with E-state index in [9.17, 15) is 0 Å². The highest BCUT2D eigenvalue weighted by molar-refractivity contribution is 5.70. The summed E-state index contributed by atoms with van der Waals surface area (Å²) in [6.45, 7) is 5.64. The molecule has 0 saturated heterocycles. The summed E-state index contributed by atoms with van der Waals surface area (Å²) >= 11 is 0. The van der Waals surface area contributed by atoms with Gasteiger partial charge in [0, 0.05) is 48.7 Å². The minimum atomic E-state index is 0.657. The Morgan fingerprint density at radius 1 is 0.923 bits per heavy atom. The smallest absolute Gasteiger partial charge is 0.130 e. The van der Waals surface area contributed by atoms with Crippen molar-refractivity contribution in [3.63, 3.8) is 0 Å². The zero-order valence-electron chi connectivity index (χ0n) is 14.9. The number of imidazole rings is 1. The first kappa shape index (κ1) is 16.2. The van der Waals surface area contributed by atoms with Crippen LogP contribution in [-0.2, 0) is 13.1 Å². The van der Waals surface area contributed by atoms with Gasteiger partial charge in [-0.1, -0.05) is 18.2 Å². The summed E-state index contributed by atoms with van der Waals surface area (Å²) in [4.78, 5) is 13.2. The monoisotopic (exact) mass is 344 g/mol. The molecule has 0 amide bonds. The lowest BCUT2D eigenvalue weighted by Gasteiger charge is -2.06. The molecule has 0 atom stereocenters. The predicted octanol–water partition coefficient (Wildman–Crippen LogP) is 3.58. The number of hydrogen-bond acceptors (Lipinski definition) is 4. The number of hydrogen-bond donors (Lipinski definition) is 0. The van der Waals surface area contributed by atoms with Crippen LogP contribution < -0.4 is 0 Å². The first-order chi connectivity index (χ1) is 12.7. The van der Waals surface area contributed by atoms with Gasteiger partial charge < -0.3 is 4.57 Å². The Morgan fingerprint density at radius 2 is 1.77 bits per heavy atom. The van der Waals surface area contributed by atoms with Crippen LogP contribution >= 0.6 is 0 Å². The van der Waals surface area contributed by atoms with Gasteiger partial charge in [-0.05, 0) is 26.0 Å². The SMILES string of the molecule is CCn1ccnc1Cn1ccc(-c2cccc(-c3nccnc3C)c2)n1. The molecule has 0 bridgehead atoms. The van der Waals surface area contributed by atoms with E-state index in [-0.39, 0.29) is 0 Å². The van der Waals surface area contributed by atoms with Crippen molar-refractivity contribution in [2.45, 2.75) is 26.9 Å². The predicted molar refractivity (Wildman–Crippen MR) is 100 cm³/mol. The molecule has 0 unspecified atom stereocenters. The molecule has 4 aromatic rings. The normalized spacial score (nSPS) is 11.0. The van der Waals surface area contributed by atoms with Gasteiger partial charge in [-0.25, -0.2) is 4.98 Å². The summed E-state index contributed by atoms with van der Waals surface area (Å²) < 4.78 is 4.04. The number of aromatic nitrogens is 6. The van der Waals surface area contributed by atoms with Crippen molar-refractivity contribution in [1.82, 2.24) is 29.3 Å². The Morgan fingerprint density at radius 3 is 2.62 bits per heavy atom. The molecule has 0 radical (unpaired) electrons. The molecule has 0 N–H and O–H groups in total. The van der Waals surface area contributed by atoms with E-state index in [1.807, 2.05) is 42.3 Å². The van der Waals surface area contributed by atoms with Gasteiger partial charge in [0.25, 0.3) is 0 Å². The molecule has 0 spiro atoms. The van der Waals surface area contributed by atoms with Crippen LogP contribution in [0, 0.1) is 6.92 Å². The average Bonchev–Trinajstić information content (AvgIpc) is 3.32. The molecule has 4 rings (SSSR count). The zero-order valence-corrected chi connectivity index (χ0v) is 14.9. The van der Waals surface area contributed by atoms with Gasteiger partial charge in [0.05, 0.1) is 23.6 Å². The van der Waals surface area contributed by atoms with Crippen molar-refractivity contribution >= 4 is 0 Å². The molecule has 6 heteroatoms. The van der Waals surface area contributed by atoms with Crippen LogP contribution in [0.1, 0.15) is 18.4 Å². The highest BCUT2D eigenvalue weighted by atomic mass is 15.3. The molecule has 6 nitrogen and oxygen atoms in total. The molecule has 0 fully saturated rings. The van der Waals surface area contributed by atoms with Gasteiger partial charge >= 0.3 is 0 Å². The number of benzene rings is 1. The van der Waals surface area contributed by atoms with Gasteiger partial charge in [0.2, 0.25) is 0 Å². The molecule has 26 heavy (non-hydrogen) atoms. The summed E-state index contributed by atoms with van der Waals surface area (Å²) in [6, 6.07) is 10.3. The fourth-order valence-electron chi connectivity index (χ4n) is 3.05. The van der Waals surface area contributed by atoms with E-state index in [4.69, 9.17) is 5.10 Å². The molecule has 3 aromatic heterocycles. The summed E-state index contributed by atoms with van der Waals surface area (Å²) in [5.74, 6) is 1.01. The second-order valence-electron chi connectivity index (χ2n) is 6.10. The quantitative estimate of drug-likeness (QED) is 0.555. The lowest BCUT2D eigenvalue weighted by Crippen LogP contribution is -2.08. The van der Waals surface area contributed by atoms with Gasteiger partial charge in [0.15, 0.2) is 0 Å². The highest BCUT2D eigenvalue weighted by Gasteiger charge is 2.09. The Labute approximate surface area is 152 Å². The second kappa shape index (κ2) is 6.92. The standard InChI is InChI=1S/C20H20N6/c1-3-25-12-10-22-19(25)14-26-11-7-18(24-26)16-5-4-6-17(13-16)20-15(2)21-8-9-23-20/h4-13H,3,14H2,1-2H3. The van der Waals surface area contributed by atoms with E-state index in [1.54, 1.807) is 12.4 Å². The Balaban J connectivity index is 1.62. The fourth-order valence-corrected chi connectivity index (χ4v) is 3.05. The Kier molecular flexibility index (Phi) is 4.31. The van der Waals surface area contributed by atoms with Gasteiger partial charge in [-0.2, -0.15) is 5.10 Å². The van der Waals surface area contributed by atoms with Crippen LogP contribution in [0.5, 0.6) is 0 Å². The largest absolute Gasteiger partial charge is 0.334 e. The van der Waals surface area contributed by atoms with Crippen molar-refractivity contribution in [1.29, 1.82) is 0 Å². The minimum absolute atomic E-state index is 0.657. The average molecular weight is 344 g/mol. The van der Waals surface area contributed by atoms with Crippen LogP contribution in [0.15, 0.2) is 61.3 Å². The third kappa shape index (κ3) is 3.13. The van der Waals surface area contributed by atoms with Gasteiger partial charge in [0.1, 0.15) is 5.82 Å². The molecule has 0 saturated carbocycles. The summed E-state index contributed by atoms with van der Waals surface area (Å²) in [5, 5.41) is 4.72. The summed E-state index contributed by atoms with van der Waals surface area (Å²) in [7, 11) is 0. The van der Waals surface area contributed by atoms with E-state index in [2.05, 4.69) is 44.6 Å². The maximum Gasteiger partial charge on any atom is 0.130 e. The van der Waals surface area contributed by atoms with Crippen LogP contribution in [0.25, 0.3) is 22.5 Å². The van der Waals surface area contributed by atoms with Crippen molar-refractivity contribution < 1.29 is 0 Å². The van der Waals surface area contributed by atoms with Gasteiger partial charge in [-0.3, -0.25) is 14.6 Å². The molecular formula is C20H20N6. The second-order valence-corrected chi connectivity index (χ2v) is 6.10. The van der Waals surface area contributed by atoms with Crippen molar-refractivity contribution in [2.75, 3.05) is 0 Å². The molecule has 3 heterocycles. The van der Waals surface area contributed by atoms with Crippen LogP contribution in [-0.4, -0.2) is 29.3 Å². The molecule has 0 aliphatic carbocycles. The number of nitrogens with zero attached hydrogens (tertiary/aromatic N) is 6. The number of aryl methyl sites for hydroxylation is 2. The molecular weight excluding hydrogens is 324 g/mol. The number of rotatable bonds is 5. The third-order valence-electron chi connectivity index (χ3n) is 4.40. The van der Waals surface area contributed by atoms with Crippen LogP contribution in [0.2, 0.25) is 0 Å². The maximum atomic E-state index is 4.72. The lowest BCUT2D eigenvalue weighted by molar-refractivity contribution is 0.608. The fraction of sp³-hybridized carbons (Fsp3) is 0.200. The van der Waals surface area contributed by atoms with Gasteiger partial charge in [-0.15, -0.1) is 0 Å². The minimum Gasteiger partial charge on any atom is -0.334 e. The van der Waals surface area contributed by atoms with E-state index in [0.717, 1.165) is 40.6 Å². The third-order valence-corrected chi connectivity index (χ3v) is 4.40. The zero-order chi connectivity index (χ0) is 17.9. The molecule has 0 aliphatic rings. The van der Waals surface area contributed by atoms with E-state index in [1.165, 1.54) is 0 Å². The summed E-state index contributed by atoms with van der Waals surface area (Å²) in [6.07, 6.45) is 9.25. The van der Waals surface area contributed by atoms with E-state index in [0.29, 0.717) is 6.54 Å². The van der Waals surface area contributed by atoms with E-state index >= 15 is 0 Å². The van der Waals surface area contributed by atoms with Crippen LogP contribution in [0.4, 0.5) is 0 Å². The molecule has 0 aliphatic heterocycles. The first-order valence-corrected chi connectivity index (χ1v) is 8.66. The highest BCUT2D eigenvalue weighted by Crippen LogP contribution is 2.25. The molecule has 130 valence electrons. The van der Waals surface area contributed by atoms with Crippen molar-refractivity contribution in [3.8, 4) is 22.5 Å². The Hall–Kier alpha value is -3.28. The maximum absolute atomic E-state index is 4.72. The van der Waals surface area contributed by atoms with Crippen molar-refractivity contribution in [3.05, 3.63) is 72.8 Å². The summed E-state index contributed by atoms with van der Waals surface area (Å²) in [5.41, 5.74) is 4.86. The Bertz CT molecular complexity index is 1030. The van der Waals surface area contributed by atoms with Crippen molar-refractivity contribution in [2.24, 2.45) is 0 Å². The van der Waals surface area contributed by atoms with Crippen LogP contribution in [0.3, 0.4) is 0 Å².